The van der Waals surface area contributed by atoms with Crippen molar-refractivity contribution in [1.29, 1.82) is 0 Å². The molecule has 8 nitrogen and oxygen atoms in total. The van der Waals surface area contributed by atoms with Crippen LogP contribution in [0.3, 0.4) is 0 Å². The third-order valence-electron chi connectivity index (χ3n) is 4.50. The van der Waals surface area contributed by atoms with Crippen molar-refractivity contribution in [2.75, 3.05) is 18.2 Å². The fraction of sp³-hybridized carbons (Fsp3) is 0.429. The maximum absolute atomic E-state index is 11.6. The number of nitrogens with zero attached hydrogens (tertiary/aromatic N) is 1. The smallest absolute Gasteiger partial charge is 0.222 e. The molecule has 1 amide bonds. The summed E-state index contributed by atoms with van der Waals surface area (Å²) >= 11 is 0. The Kier molecular flexibility index (Phi) is 6.62. The lowest BCUT2D eigenvalue weighted by Crippen LogP contribution is -2.39. The highest BCUT2D eigenvalue weighted by atomic mass is 32.2. The quantitative estimate of drug-likeness (QED) is 0.663. The van der Waals surface area contributed by atoms with Crippen molar-refractivity contribution in [3.8, 4) is 22.6 Å². The first kappa shape index (κ1) is 22.0. The van der Waals surface area contributed by atoms with Gasteiger partial charge in [-0.3, -0.25) is 4.79 Å². The normalized spacial score (nSPS) is 13.8. The van der Waals surface area contributed by atoms with Crippen molar-refractivity contribution >= 4 is 21.7 Å². The number of carbonyl (C=O) groups excluding carboxylic acids is 1. The van der Waals surface area contributed by atoms with Crippen LogP contribution in [0.5, 0.6) is 11.5 Å². The number of hydrogen-bond acceptors (Lipinski definition) is 6. The van der Waals surface area contributed by atoms with E-state index in [-0.39, 0.29) is 18.6 Å². The van der Waals surface area contributed by atoms with Crippen LogP contribution in [0.1, 0.15) is 32.8 Å². The summed E-state index contributed by atoms with van der Waals surface area (Å²) in [5, 5.41) is 2.69. The zero-order valence-electron chi connectivity index (χ0n) is 17.6. The molecule has 162 valence electrons. The van der Waals surface area contributed by atoms with Crippen molar-refractivity contribution in [3.05, 3.63) is 36.0 Å². The maximum atomic E-state index is 11.6. The van der Waals surface area contributed by atoms with Gasteiger partial charge in [0.1, 0.15) is 30.5 Å². The number of pyridine rings is 1. The number of benzene rings is 1. The van der Waals surface area contributed by atoms with Crippen LogP contribution in [-0.2, 0) is 21.4 Å². The number of anilines is 1. The summed E-state index contributed by atoms with van der Waals surface area (Å²) in [4.78, 5) is 15.5. The summed E-state index contributed by atoms with van der Waals surface area (Å²) in [5.41, 5.74) is 2.75. The van der Waals surface area contributed by atoms with Crippen molar-refractivity contribution in [3.63, 3.8) is 0 Å². The van der Waals surface area contributed by atoms with E-state index in [1.165, 1.54) is 6.92 Å². The maximum Gasteiger partial charge on any atom is 0.222 e. The van der Waals surface area contributed by atoms with E-state index in [2.05, 4.69) is 15.0 Å². The van der Waals surface area contributed by atoms with Gasteiger partial charge in [0.2, 0.25) is 15.9 Å². The molecule has 0 aliphatic carbocycles. The highest BCUT2D eigenvalue weighted by Gasteiger charge is 2.20. The van der Waals surface area contributed by atoms with Crippen LogP contribution in [-0.4, -0.2) is 38.2 Å². The van der Waals surface area contributed by atoms with E-state index in [0.29, 0.717) is 36.3 Å². The van der Waals surface area contributed by atoms with Gasteiger partial charge in [-0.1, -0.05) is 13.8 Å². The number of rotatable bonds is 8. The molecule has 0 spiro atoms. The molecule has 0 saturated heterocycles. The summed E-state index contributed by atoms with van der Waals surface area (Å²) in [5.74, 6) is 1.88. The molecule has 0 radical (unpaired) electrons. The average Bonchev–Trinajstić information content (AvgIpc) is 2.63. The zero-order chi connectivity index (χ0) is 21.9. The fourth-order valence-corrected chi connectivity index (χ4v) is 4.18. The molecule has 1 aromatic carbocycles. The van der Waals surface area contributed by atoms with E-state index in [1.54, 1.807) is 12.3 Å². The van der Waals surface area contributed by atoms with Crippen LogP contribution in [0.25, 0.3) is 11.1 Å². The standard InChI is InChI=1S/C21H27N3O5S/c1-13(2)7-16(24-30(4,26)27)12-28-17-5-6-18-19-9-21(23-14(3)25)22-10-15(19)11-29-20(18)8-17/h5-6,8-10,13,16,24H,7,11-12H2,1-4H3,(H,22,23,25). The summed E-state index contributed by atoms with van der Waals surface area (Å²) in [7, 11) is -3.32. The molecule has 1 aliphatic rings. The van der Waals surface area contributed by atoms with Crippen molar-refractivity contribution in [2.24, 2.45) is 5.92 Å². The molecule has 9 heteroatoms. The van der Waals surface area contributed by atoms with Gasteiger partial charge in [-0.25, -0.2) is 18.1 Å². The van der Waals surface area contributed by atoms with E-state index >= 15 is 0 Å². The lowest BCUT2D eigenvalue weighted by Gasteiger charge is -2.23. The van der Waals surface area contributed by atoms with Gasteiger partial charge in [0.15, 0.2) is 0 Å². The molecule has 0 bridgehead atoms. The molecule has 1 atom stereocenters. The number of ether oxygens (including phenoxy) is 2. The average molecular weight is 434 g/mol. The summed E-state index contributed by atoms with van der Waals surface area (Å²) in [6, 6.07) is 7.02. The Morgan fingerprint density at radius 3 is 2.70 bits per heavy atom. The Labute approximate surface area is 177 Å². The largest absolute Gasteiger partial charge is 0.492 e. The Morgan fingerprint density at radius 2 is 2.03 bits per heavy atom. The predicted octanol–water partition coefficient (Wildman–Crippen LogP) is 2.94. The van der Waals surface area contributed by atoms with Gasteiger partial charge in [-0.05, 0) is 36.1 Å². The predicted molar refractivity (Wildman–Crippen MR) is 115 cm³/mol. The van der Waals surface area contributed by atoms with Gasteiger partial charge in [-0.2, -0.15) is 0 Å². The van der Waals surface area contributed by atoms with E-state index in [4.69, 9.17) is 9.47 Å². The summed E-state index contributed by atoms with van der Waals surface area (Å²) in [6.07, 6.45) is 3.51. The minimum absolute atomic E-state index is 0.183. The Hall–Kier alpha value is -2.65. The van der Waals surface area contributed by atoms with E-state index in [9.17, 15) is 13.2 Å². The molecule has 3 rings (SSSR count). The molecule has 1 aliphatic heterocycles. The number of sulfonamides is 1. The van der Waals surface area contributed by atoms with E-state index < -0.39 is 10.0 Å². The van der Waals surface area contributed by atoms with E-state index in [1.807, 2.05) is 32.0 Å². The van der Waals surface area contributed by atoms with Crippen LogP contribution in [0.4, 0.5) is 5.82 Å². The first-order valence-electron chi connectivity index (χ1n) is 9.74. The number of carbonyl (C=O) groups is 1. The Morgan fingerprint density at radius 1 is 1.27 bits per heavy atom. The third-order valence-corrected chi connectivity index (χ3v) is 5.27. The molecule has 0 saturated carbocycles. The summed E-state index contributed by atoms with van der Waals surface area (Å²) in [6.45, 7) is 6.09. The van der Waals surface area contributed by atoms with Crippen LogP contribution >= 0.6 is 0 Å². The first-order chi connectivity index (χ1) is 14.1. The van der Waals surface area contributed by atoms with Gasteiger partial charge in [0.05, 0.1) is 12.3 Å². The molecule has 1 aromatic heterocycles. The molecule has 1 unspecified atom stereocenters. The number of nitrogens with one attached hydrogen (secondary N) is 2. The highest BCUT2D eigenvalue weighted by Crippen LogP contribution is 2.40. The Balaban J connectivity index is 1.77. The van der Waals surface area contributed by atoms with Crippen LogP contribution in [0.15, 0.2) is 30.5 Å². The van der Waals surface area contributed by atoms with Gasteiger partial charge in [0.25, 0.3) is 0 Å². The monoisotopic (exact) mass is 433 g/mol. The number of amides is 1. The highest BCUT2D eigenvalue weighted by molar-refractivity contribution is 7.88. The zero-order valence-corrected chi connectivity index (χ0v) is 18.4. The van der Waals surface area contributed by atoms with E-state index in [0.717, 1.165) is 22.9 Å². The lowest BCUT2D eigenvalue weighted by atomic mass is 9.98. The van der Waals surface area contributed by atoms with Crippen LogP contribution < -0.4 is 19.5 Å². The molecule has 0 fully saturated rings. The molecule has 2 N–H and O–H groups in total. The number of hydrogen-bond donors (Lipinski definition) is 2. The van der Waals surface area contributed by atoms with Gasteiger partial charge in [0, 0.05) is 30.3 Å². The SMILES string of the molecule is CC(=O)Nc1cc2c(cn1)COc1cc(OCC(CC(C)C)NS(C)(=O)=O)ccc1-2. The van der Waals surface area contributed by atoms with Crippen molar-refractivity contribution in [1.82, 2.24) is 9.71 Å². The van der Waals surface area contributed by atoms with Gasteiger partial charge in [-0.15, -0.1) is 0 Å². The first-order valence-corrected chi connectivity index (χ1v) is 11.6. The molecular formula is C21H27N3O5S. The molecule has 30 heavy (non-hydrogen) atoms. The third kappa shape index (κ3) is 5.93. The number of aromatic nitrogens is 1. The Bertz CT molecular complexity index is 1040. The molecular weight excluding hydrogens is 406 g/mol. The van der Waals surface area contributed by atoms with Crippen molar-refractivity contribution in [2.45, 2.75) is 39.8 Å². The second-order valence-electron chi connectivity index (χ2n) is 7.88. The second-order valence-corrected chi connectivity index (χ2v) is 9.66. The fourth-order valence-electron chi connectivity index (χ4n) is 3.41. The van der Waals surface area contributed by atoms with Crippen molar-refractivity contribution < 1.29 is 22.7 Å². The topological polar surface area (TPSA) is 107 Å². The second kappa shape index (κ2) is 9.01. The van der Waals surface area contributed by atoms with Gasteiger partial charge >= 0.3 is 0 Å². The van der Waals surface area contributed by atoms with Crippen LogP contribution in [0, 0.1) is 5.92 Å². The minimum atomic E-state index is -3.32. The van der Waals surface area contributed by atoms with Crippen LogP contribution in [0.2, 0.25) is 0 Å². The lowest BCUT2D eigenvalue weighted by molar-refractivity contribution is -0.114. The summed E-state index contributed by atoms with van der Waals surface area (Å²) < 4.78 is 37.6. The minimum Gasteiger partial charge on any atom is -0.492 e. The van der Waals surface area contributed by atoms with Gasteiger partial charge < -0.3 is 14.8 Å². The molecule has 2 heterocycles. The number of fused-ring (bicyclic) bond motifs is 3. The molecule has 2 aromatic rings.